The van der Waals surface area contributed by atoms with Crippen molar-refractivity contribution in [1.82, 2.24) is 15.8 Å². The van der Waals surface area contributed by atoms with Gasteiger partial charge in [-0.15, -0.1) is 0 Å². The number of allylic oxidation sites excluding steroid dienone is 3. The standard InChI is InChI=1S/C30H42N6.C2H6/c1-5-11-26(6-2)16-19-32-18-10-20-35(28-12-8-7-9-13-28)23-27-14-15-29(22-27)36-21-17-25(3)30(31-4)33-24-34-36;1-2/h5-9,11-13,17,21,24,27,29,32H,1-3,10,14-16,18-20,22-23H2,4H3,(H,31,33,34);1-2H3/b21-17-,26-11+;. The Balaban J connectivity index is 0.00000247. The average Bonchev–Trinajstić information content (AvgIpc) is 3.41. The van der Waals surface area contributed by atoms with Gasteiger partial charge < -0.3 is 10.2 Å². The third-order valence-electron chi connectivity index (χ3n) is 6.80. The lowest BCUT2D eigenvalue weighted by Crippen LogP contribution is -2.41. The Morgan fingerprint density at radius 3 is 2.71 bits per heavy atom. The summed E-state index contributed by atoms with van der Waals surface area (Å²) in [5.41, 5.74) is 6.68. The van der Waals surface area contributed by atoms with Crippen LogP contribution in [0.2, 0.25) is 0 Å². The van der Waals surface area contributed by atoms with Crippen molar-refractivity contribution in [2.75, 3.05) is 38.1 Å². The number of aliphatic imine (C=N–C) groups is 2. The highest BCUT2D eigenvalue weighted by molar-refractivity contribution is 6.04. The molecule has 2 unspecified atom stereocenters. The van der Waals surface area contributed by atoms with E-state index in [0.717, 1.165) is 57.4 Å². The van der Waals surface area contributed by atoms with Gasteiger partial charge in [-0.3, -0.25) is 15.4 Å². The molecule has 6 nitrogen and oxygen atoms in total. The first-order chi connectivity index (χ1) is 18.6. The SMILES string of the molecule is C=C/C=C(\C=C)CCNCCCN(CC1CCC(N2/C=C\C(=C)C(=NC)N=CN2)C1)c1ccccc1.CC. The summed E-state index contributed by atoms with van der Waals surface area (Å²) >= 11 is 0. The molecule has 1 heterocycles. The molecule has 3 rings (SSSR count). The number of rotatable bonds is 13. The molecule has 1 aliphatic heterocycles. The van der Waals surface area contributed by atoms with Gasteiger partial charge in [-0.2, -0.15) is 0 Å². The van der Waals surface area contributed by atoms with Crippen LogP contribution in [0.5, 0.6) is 0 Å². The molecule has 0 spiro atoms. The zero-order chi connectivity index (χ0) is 27.6. The second-order valence-electron chi connectivity index (χ2n) is 9.33. The van der Waals surface area contributed by atoms with Crippen molar-refractivity contribution in [2.24, 2.45) is 15.9 Å². The van der Waals surface area contributed by atoms with Gasteiger partial charge in [0.15, 0.2) is 5.84 Å². The molecule has 0 amide bonds. The molecule has 206 valence electrons. The minimum Gasteiger partial charge on any atom is -0.371 e. The number of amidine groups is 1. The highest BCUT2D eigenvalue weighted by atomic mass is 15.5. The number of hydrazine groups is 1. The molecule has 1 fully saturated rings. The van der Waals surface area contributed by atoms with E-state index in [4.69, 9.17) is 0 Å². The smallest absolute Gasteiger partial charge is 0.155 e. The fourth-order valence-electron chi connectivity index (χ4n) is 4.86. The summed E-state index contributed by atoms with van der Waals surface area (Å²) in [6, 6.07) is 11.3. The largest absolute Gasteiger partial charge is 0.371 e. The van der Waals surface area contributed by atoms with Crippen LogP contribution in [-0.4, -0.2) is 56.5 Å². The Hall–Kier alpha value is -3.38. The number of nitrogens with one attached hydrogen (secondary N) is 2. The maximum Gasteiger partial charge on any atom is 0.155 e. The molecule has 1 aromatic carbocycles. The molecule has 0 bridgehead atoms. The van der Waals surface area contributed by atoms with Crippen LogP contribution in [-0.2, 0) is 0 Å². The minimum atomic E-state index is 0.438. The molecule has 1 aromatic rings. The number of anilines is 1. The Labute approximate surface area is 231 Å². The molecule has 2 aliphatic rings. The molecule has 0 radical (unpaired) electrons. The molecule has 1 saturated carbocycles. The van der Waals surface area contributed by atoms with E-state index in [-0.39, 0.29) is 0 Å². The molecule has 38 heavy (non-hydrogen) atoms. The fraction of sp³-hybridized carbons (Fsp3) is 0.438. The Morgan fingerprint density at radius 2 is 2.00 bits per heavy atom. The van der Waals surface area contributed by atoms with Gasteiger partial charge >= 0.3 is 0 Å². The summed E-state index contributed by atoms with van der Waals surface area (Å²) < 4.78 is 0. The summed E-state index contributed by atoms with van der Waals surface area (Å²) in [6.45, 7) is 19.8. The molecule has 2 N–H and O–H groups in total. The third-order valence-corrected chi connectivity index (χ3v) is 6.80. The van der Waals surface area contributed by atoms with Crippen LogP contribution in [0, 0.1) is 5.92 Å². The lowest BCUT2D eigenvalue weighted by Gasteiger charge is -2.30. The van der Waals surface area contributed by atoms with Crippen molar-refractivity contribution >= 4 is 17.9 Å². The van der Waals surface area contributed by atoms with Gasteiger partial charge in [0.2, 0.25) is 0 Å². The van der Waals surface area contributed by atoms with Gasteiger partial charge in [-0.05, 0) is 74.9 Å². The molecular weight excluding hydrogens is 468 g/mol. The molecular formula is C32H48N6. The maximum atomic E-state index is 4.38. The zero-order valence-corrected chi connectivity index (χ0v) is 23.8. The van der Waals surface area contributed by atoms with E-state index in [1.165, 1.54) is 17.7 Å². The predicted molar refractivity (Wildman–Crippen MR) is 167 cm³/mol. The maximum absolute atomic E-state index is 4.38. The number of hydrogen-bond acceptors (Lipinski definition) is 5. The van der Waals surface area contributed by atoms with Crippen LogP contribution in [0.4, 0.5) is 5.69 Å². The monoisotopic (exact) mass is 516 g/mol. The van der Waals surface area contributed by atoms with Crippen LogP contribution in [0.15, 0.2) is 102 Å². The van der Waals surface area contributed by atoms with Crippen molar-refractivity contribution in [1.29, 1.82) is 0 Å². The Morgan fingerprint density at radius 1 is 1.21 bits per heavy atom. The summed E-state index contributed by atoms with van der Waals surface area (Å²) in [5.74, 6) is 1.31. The van der Waals surface area contributed by atoms with E-state index in [2.05, 4.69) is 86.9 Å². The molecule has 0 saturated heterocycles. The van der Waals surface area contributed by atoms with Crippen LogP contribution < -0.4 is 15.6 Å². The summed E-state index contributed by atoms with van der Waals surface area (Å²) in [6.07, 6.45) is 17.2. The van der Waals surface area contributed by atoms with Crippen LogP contribution in [0.1, 0.15) is 46.0 Å². The molecule has 0 aromatic heterocycles. The number of hydrogen-bond donors (Lipinski definition) is 2. The van der Waals surface area contributed by atoms with Crippen molar-refractivity contribution in [2.45, 2.75) is 52.0 Å². The highest BCUT2D eigenvalue weighted by Gasteiger charge is 2.29. The van der Waals surface area contributed by atoms with Crippen molar-refractivity contribution in [3.05, 3.63) is 91.7 Å². The predicted octanol–water partition coefficient (Wildman–Crippen LogP) is 6.30. The molecule has 6 heteroatoms. The summed E-state index contributed by atoms with van der Waals surface area (Å²) in [4.78, 5) is 11.1. The summed E-state index contributed by atoms with van der Waals surface area (Å²) in [5, 5.41) is 5.76. The highest BCUT2D eigenvalue weighted by Crippen LogP contribution is 2.31. The van der Waals surface area contributed by atoms with Crippen molar-refractivity contribution in [3.63, 3.8) is 0 Å². The van der Waals surface area contributed by atoms with Crippen LogP contribution in [0.3, 0.4) is 0 Å². The number of nitrogens with zero attached hydrogens (tertiary/aromatic N) is 4. The third kappa shape index (κ3) is 10.2. The lowest BCUT2D eigenvalue weighted by molar-refractivity contribution is 0.240. The zero-order valence-electron chi connectivity index (χ0n) is 23.8. The van der Waals surface area contributed by atoms with Gasteiger partial charge in [0.05, 0.1) is 6.04 Å². The van der Waals surface area contributed by atoms with E-state index >= 15 is 0 Å². The summed E-state index contributed by atoms with van der Waals surface area (Å²) in [7, 11) is 1.74. The first-order valence-electron chi connectivity index (χ1n) is 14.0. The van der Waals surface area contributed by atoms with E-state index in [0.29, 0.717) is 17.8 Å². The van der Waals surface area contributed by atoms with E-state index in [1.54, 1.807) is 13.4 Å². The lowest BCUT2D eigenvalue weighted by atomic mass is 10.1. The minimum absolute atomic E-state index is 0.438. The number of para-hydroxylation sites is 1. The van der Waals surface area contributed by atoms with Crippen LogP contribution >= 0.6 is 0 Å². The quantitative estimate of drug-likeness (QED) is 0.239. The first-order valence-corrected chi connectivity index (χ1v) is 14.0. The van der Waals surface area contributed by atoms with Gasteiger partial charge in [0.1, 0.15) is 6.34 Å². The van der Waals surface area contributed by atoms with Gasteiger partial charge in [0.25, 0.3) is 0 Å². The van der Waals surface area contributed by atoms with Crippen molar-refractivity contribution in [3.8, 4) is 0 Å². The van der Waals surface area contributed by atoms with Gasteiger partial charge in [-0.25, -0.2) is 4.99 Å². The molecule has 1 aliphatic carbocycles. The molecule has 2 atom stereocenters. The fourth-order valence-corrected chi connectivity index (χ4v) is 4.86. The Kier molecular flexibility index (Phi) is 14.6. The van der Waals surface area contributed by atoms with Gasteiger partial charge in [-0.1, -0.05) is 70.0 Å². The first kappa shape index (κ1) is 30.8. The number of benzene rings is 1. The van der Waals surface area contributed by atoms with E-state index < -0.39 is 0 Å². The van der Waals surface area contributed by atoms with Crippen molar-refractivity contribution < 1.29 is 0 Å². The average molecular weight is 517 g/mol. The second kappa shape index (κ2) is 18.0. The van der Waals surface area contributed by atoms with E-state index in [1.807, 2.05) is 38.2 Å². The normalized spacial score (nSPS) is 21.1. The van der Waals surface area contributed by atoms with E-state index in [9.17, 15) is 0 Å². The second-order valence-corrected chi connectivity index (χ2v) is 9.33. The van der Waals surface area contributed by atoms with Crippen LogP contribution in [0.25, 0.3) is 0 Å². The Bertz CT molecular complexity index is 975. The topological polar surface area (TPSA) is 55.3 Å². The van der Waals surface area contributed by atoms with Gasteiger partial charge in [0, 0.05) is 37.6 Å².